The number of carbonyl (C=O) groups excluding carboxylic acids is 2. The van der Waals surface area contributed by atoms with Gasteiger partial charge >= 0.3 is 6.09 Å². The minimum absolute atomic E-state index is 0.156. The van der Waals surface area contributed by atoms with Gasteiger partial charge in [-0.25, -0.2) is 4.79 Å². The van der Waals surface area contributed by atoms with Crippen LogP contribution in [0.3, 0.4) is 0 Å². The fraction of sp³-hybridized carbons (Fsp3) is 0.136. The second-order valence-electron chi connectivity index (χ2n) is 6.79. The molecule has 1 atom stereocenters. The zero-order chi connectivity index (χ0) is 22.4. The molecule has 8 nitrogen and oxygen atoms in total. The third-order valence-corrected chi connectivity index (χ3v) is 5.36. The number of carboxylic acid groups (broad SMARTS) is 1. The SMILES string of the molecule is CNC(=O)[C@H](Cc1ccc(C(=O)Nc2cc(-c3ccsc3)ccc2N)cc1)NC(=O)O. The molecule has 0 aliphatic carbocycles. The highest BCUT2D eigenvalue weighted by Crippen LogP contribution is 2.29. The van der Waals surface area contributed by atoms with E-state index in [0.717, 1.165) is 11.1 Å². The van der Waals surface area contributed by atoms with Gasteiger partial charge in [-0.3, -0.25) is 9.59 Å². The topological polar surface area (TPSA) is 134 Å². The summed E-state index contributed by atoms with van der Waals surface area (Å²) in [4.78, 5) is 35.5. The molecule has 0 bridgehead atoms. The smallest absolute Gasteiger partial charge is 0.405 e. The van der Waals surface area contributed by atoms with E-state index in [2.05, 4.69) is 16.0 Å². The highest BCUT2D eigenvalue weighted by Gasteiger charge is 2.20. The van der Waals surface area contributed by atoms with Crippen molar-refractivity contribution in [3.05, 3.63) is 70.4 Å². The van der Waals surface area contributed by atoms with Gasteiger partial charge in [-0.15, -0.1) is 0 Å². The van der Waals surface area contributed by atoms with E-state index in [1.54, 1.807) is 41.7 Å². The highest BCUT2D eigenvalue weighted by atomic mass is 32.1. The summed E-state index contributed by atoms with van der Waals surface area (Å²) in [5.74, 6) is -0.766. The minimum Gasteiger partial charge on any atom is -0.465 e. The zero-order valence-electron chi connectivity index (χ0n) is 16.7. The molecule has 31 heavy (non-hydrogen) atoms. The fourth-order valence-electron chi connectivity index (χ4n) is 3.03. The lowest BCUT2D eigenvalue weighted by Gasteiger charge is -2.15. The van der Waals surface area contributed by atoms with Gasteiger partial charge in [-0.1, -0.05) is 18.2 Å². The van der Waals surface area contributed by atoms with Gasteiger partial charge in [0.1, 0.15) is 6.04 Å². The molecular formula is C22H22N4O4S. The second kappa shape index (κ2) is 9.77. The number of amides is 3. The summed E-state index contributed by atoms with van der Waals surface area (Å²) in [5, 5.41) is 20.3. The Balaban J connectivity index is 1.71. The Morgan fingerprint density at radius 2 is 1.81 bits per heavy atom. The molecule has 9 heteroatoms. The number of rotatable bonds is 7. The van der Waals surface area contributed by atoms with Crippen molar-refractivity contribution in [1.29, 1.82) is 0 Å². The maximum absolute atomic E-state index is 12.7. The normalized spacial score (nSPS) is 11.4. The second-order valence-corrected chi connectivity index (χ2v) is 7.57. The van der Waals surface area contributed by atoms with Crippen molar-refractivity contribution in [2.45, 2.75) is 12.5 Å². The maximum atomic E-state index is 12.7. The predicted molar refractivity (Wildman–Crippen MR) is 121 cm³/mol. The first-order chi connectivity index (χ1) is 14.9. The summed E-state index contributed by atoms with van der Waals surface area (Å²) in [6.07, 6.45) is -1.13. The zero-order valence-corrected chi connectivity index (χ0v) is 17.5. The molecule has 3 rings (SSSR count). The number of carbonyl (C=O) groups is 3. The Hall–Kier alpha value is -3.85. The molecule has 2 aromatic carbocycles. The van der Waals surface area contributed by atoms with Crippen molar-refractivity contribution in [1.82, 2.24) is 10.6 Å². The summed E-state index contributed by atoms with van der Waals surface area (Å²) < 4.78 is 0. The Bertz CT molecular complexity index is 1080. The van der Waals surface area contributed by atoms with Crippen LogP contribution >= 0.6 is 11.3 Å². The van der Waals surface area contributed by atoms with E-state index in [-0.39, 0.29) is 12.3 Å². The van der Waals surface area contributed by atoms with Crippen LogP contribution in [-0.4, -0.2) is 36.1 Å². The summed E-state index contributed by atoms with van der Waals surface area (Å²) in [6.45, 7) is 0. The van der Waals surface area contributed by atoms with Crippen LogP contribution in [0, 0.1) is 0 Å². The molecule has 6 N–H and O–H groups in total. The molecule has 0 aliphatic rings. The van der Waals surface area contributed by atoms with Gasteiger partial charge in [0.2, 0.25) is 5.91 Å². The number of hydrogen-bond donors (Lipinski definition) is 5. The standard InChI is InChI=1S/C22H22N4O4S/c1-24-21(28)19(26-22(29)30)10-13-2-4-14(5-3-13)20(27)25-18-11-15(6-7-17(18)23)16-8-9-31-12-16/h2-9,11-12,19,26H,10,23H2,1H3,(H,24,28)(H,25,27)(H,29,30)/t19-/m0/s1. The molecule has 160 valence electrons. The van der Waals surface area contributed by atoms with Crippen molar-refractivity contribution in [3.8, 4) is 11.1 Å². The van der Waals surface area contributed by atoms with E-state index < -0.39 is 18.0 Å². The Kier molecular flexibility index (Phi) is 6.88. The van der Waals surface area contributed by atoms with Gasteiger partial charge in [-0.2, -0.15) is 11.3 Å². The third-order valence-electron chi connectivity index (χ3n) is 4.67. The number of anilines is 2. The van der Waals surface area contributed by atoms with E-state index in [1.165, 1.54) is 7.05 Å². The van der Waals surface area contributed by atoms with Crippen LogP contribution in [0.15, 0.2) is 59.3 Å². The number of thiophene rings is 1. The van der Waals surface area contributed by atoms with Gasteiger partial charge in [0.25, 0.3) is 5.91 Å². The van der Waals surface area contributed by atoms with Gasteiger partial charge in [0.15, 0.2) is 0 Å². The molecule has 3 amide bonds. The van der Waals surface area contributed by atoms with Crippen LogP contribution in [0.5, 0.6) is 0 Å². The monoisotopic (exact) mass is 438 g/mol. The summed E-state index contributed by atoms with van der Waals surface area (Å²) in [6, 6.07) is 13.1. The van der Waals surface area contributed by atoms with Gasteiger partial charge in [-0.05, 0) is 57.8 Å². The largest absolute Gasteiger partial charge is 0.465 e. The van der Waals surface area contributed by atoms with Crippen molar-refractivity contribution in [2.24, 2.45) is 0 Å². The van der Waals surface area contributed by atoms with Crippen LogP contribution in [0.1, 0.15) is 15.9 Å². The molecule has 3 aromatic rings. The average molecular weight is 439 g/mol. The maximum Gasteiger partial charge on any atom is 0.405 e. The summed E-state index contributed by atoms with van der Waals surface area (Å²) >= 11 is 1.59. The van der Waals surface area contributed by atoms with E-state index >= 15 is 0 Å². The third kappa shape index (κ3) is 5.61. The lowest BCUT2D eigenvalue weighted by atomic mass is 10.0. The van der Waals surface area contributed by atoms with Gasteiger partial charge in [0, 0.05) is 19.0 Å². The number of nitrogens with two attached hydrogens (primary N) is 1. The summed E-state index contributed by atoms with van der Waals surface area (Å²) in [5.41, 5.74) is 10.1. The highest BCUT2D eigenvalue weighted by molar-refractivity contribution is 7.08. The first kappa shape index (κ1) is 21.8. The molecule has 0 unspecified atom stereocenters. The predicted octanol–water partition coefficient (Wildman–Crippen LogP) is 3.17. The lowest BCUT2D eigenvalue weighted by Crippen LogP contribution is -2.46. The molecule has 0 saturated carbocycles. The molecule has 1 heterocycles. The van der Waals surface area contributed by atoms with Crippen molar-refractivity contribution < 1.29 is 19.5 Å². The molecule has 0 aliphatic heterocycles. The molecule has 0 saturated heterocycles. The van der Waals surface area contributed by atoms with Crippen molar-refractivity contribution in [3.63, 3.8) is 0 Å². The Labute approximate surface area is 183 Å². The van der Waals surface area contributed by atoms with Crippen molar-refractivity contribution >= 4 is 40.6 Å². The van der Waals surface area contributed by atoms with Crippen LogP contribution < -0.4 is 21.7 Å². The number of hydrogen-bond acceptors (Lipinski definition) is 5. The van der Waals surface area contributed by atoms with E-state index in [4.69, 9.17) is 10.8 Å². The Morgan fingerprint density at radius 3 is 2.42 bits per heavy atom. The number of nitrogen functional groups attached to an aromatic ring is 1. The van der Waals surface area contributed by atoms with Crippen LogP contribution in [0.2, 0.25) is 0 Å². The molecule has 0 fully saturated rings. The molecule has 0 radical (unpaired) electrons. The first-order valence-corrected chi connectivity index (χ1v) is 10.3. The minimum atomic E-state index is -1.29. The number of nitrogens with one attached hydrogen (secondary N) is 3. The van der Waals surface area contributed by atoms with Crippen LogP contribution in [-0.2, 0) is 11.2 Å². The molecule has 1 aromatic heterocycles. The number of benzene rings is 2. The lowest BCUT2D eigenvalue weighted by molar-refractivity contribution is -0.122. The number of likely N-dealkylation sites (N-methyl/N-ethyl adjacent to an activating group) is 1. The summed E-state index contributed by atoms with van der Waals surface area (Å²) in [7, 11) is 1.44. The molecule has 0 spiro atoms. The quantitative estimate of drug-likeness (QED) is 0.361. The first-order valence-electron chi connectivity index (χ1n) is 9.41. The Morgan fingerprint density at radius 1 is 1.06 bits per heavy atom. The van der Waals surface area contributed by atoms with E-state index in [0.29, 0.717) is 22.5 Å². The van der Waals surface area contributed by atoms with Crippen LogP contribution in [0.4, 0.5) is 16.2 Å². The van der Waals surface area contributed by atoms with E-state index in [9.17, 15) is 14.4 Å². The molecular weight excluding hydrogens is 416 g/mol. The van der Waals surface area contributed by atoms with Gasteiger partial charge in [0.05, 0.1) is 11.4 Å². The fourth-order valence-corrected chi connectivity index (χ4v) is 3.69. The average Bonchev–Trinajstić information content (AvgIpc) is 3.29. The van der Waals surface area contributed by atoms with E-state index in [1.807, 2.05) is 29.0 Å². The van der Waals surface area contributed by atoms with Crippen molar-refractivity contribution in [2.75, 3.05) is 18.1 Å². The van der Waals surface area contributed by atoms with Crippen LogP contribution in [0.25, 0.3) is 11.1 Å². The van der Waals surface area contributed by atoms with Gasteiger partial charge < -0.3 is 26.8 Å².